The molecule has 0 spiro atoms. The van der Waals surface area contributed by atoms with Gasteiger partial charge in [-0.1, -0.05) is 23.9 Å². The second-order valence-corrected chi connectivity index (χ2v) is 8.01. The largest absolute Gasteiger partial charge is 0.497 e. The third-order valence-corrected chi connectivity index (χ3v) is 5.83. The molecule has 1 atom stereocenters. The molecule has 5 rings (SSSR count). The molecule has 166 valence electrons. The van der Waals surface area contributed by atoms with E-state index in [0.29, 0.717) is 22.0 Å². The highest BCUT2D eigenvalue weighted by Gasteiger charge is 2.20. The van der Waals surface area contributed by atoms with Crippen molar-refractivity contribution in [3.63, 3.8) is 0 Å². The number of furan rings is 1. The minimum Gasteiger partial charge on any atom is -0.497 e. The molecule has 0 saturated heterocycles. The number of thioether (sulfide) groups is 1. The number of para-hydroxylation sites is 1. The van der Waals surface area contributed by atoms with Gasteiger partial charge in [0.25, 0.3) is 5.89 Å². The summed E-state index contributed by atoms with van der Waals surface area (Å²) in [5.74, 6) is 0.855. The molecule has 2 aromatic carbocycles. The fourth-order valence-corrected chi connectivity index (χ4v) is 3.98. The summed E-state index contributed by atoms with van der Waals surface area (Å²) < 4.78 is 22.2. The van der Waals surface area contributed by atoms with Crippen molar-refractivity contribution in [2.24, 2.45) is 0 Å². The van der Waals surface area contributed by atoms with Crippen LogP contribution in [-0.2, 0) is 9.53 Å². The minimum absolute atomic E-state index is 0.0347. The number of rotatable bonds is 7. The molecule has 0 bridgehead atoms. The highest BCUT2D eigenvalue weighted by Crippen LogP contribution is 2.32. The standard InChI is InChI=1S/C23H18N4O5S/c1-13(21-26-27-22(32-21)14-7-9-15(29-2)10-8-14)30-18(28)11-33-23-20-19(24-12-25-23)16-5-3-4-6-17(16)31-20/h3-10,12-13H,11H2,1-2H3. The molecule has 0 saturated carbocycles. The number of carbonyl (C=O) groups excluding carboxylic acids is 1. The maximum absolute atomic E-state index is 12.4. The number of hydrogen-bond donors (Lipinski definition) is 0. The van der Waals surface area contributed by atoms with Crippen LogP contribution in [0.25, 0.3) is 33.5 Å². The van der Waals surface area contributed by atoms with Gasteiger partial charge in [0, 0.05) is 10.9 Å². The van der Waals surface area contributed by atoms with Gasteiger partial charge >= 0.3 is 5.97 Å². The smallest absolute Gasteiger partial charge is 0.317 e. The lowest BCUT2D eigenvalue weighted by Gasteiger charge is -2.09. The Balaban J connectivity index is 1.24. The van der Waals surface area contributed by atoms with Crippen LogP contribution in [-0.4, -0.2) is 39.0 Å². The van der Waals surface area contributed by atoms with E-state index in [1.165, 1.54) is 18.1 Å². The molecule has 0 radical (unpaired) electrons. The lowest BCUT2D eigenvalue weighted by Crippen LogP contribution is -2.11. The SMILES string of the molecule is COc1ccc(-c2nnc(C(C)OC(=O)CSc3ncnc4c3oc3ccccc34)o2)cc1. The van der Waals surface area contributed by atoms with Crippen LogP contribution in [0.15, 0.2) is 68.7 Å². The van der Waals surface area contributed by atoms with E-state index in [-0.39, 0.29) is 11.6 Å². The van der Waals surface area contributed by atoms with Gasteiger partial charge in [0.1, 0.15) is 28.2 Å². The molecule has 0 aliphatic carbocycles. The molecular formula is C23H18N4O5S. The Hall–Kier alpha value is -3.92. The van der Waals surface area contributed by atoms with Gasteiger partial charge in [0.2, 0.25) is 5.89 Å². The number of carbonyl (C=O) groups is 1. The Kier molecular flexibility index (Phi) is 5.66. The van der Waals surface area contributed by atoms with Gasteiger partial charge in [-0.15, -0.1) is 10.2 Å². The van der Waals surface area contributed by atoms with Crippen LogP contribution >= 0.6 is 11.8 Å². The molecule has 3 aromatic heterocycles. The number of aromatic nitrogens is 4. The van der Waals surface area contributed by atoms with Crippen molar-refractivity contribution in [1.82, 2.24) is 20.2 Å². The van der Waals surface area contributed by atoms with Gasteiger partial charge in [0.05, 0.1) is 12.9 Å². The lowest BCUT2D eigenvalue weighted by molar-refractivity contribution is -0.146. The van der Waals surface area contributed by atoms with Crippen LogP contribution in [0.4, 0.5) is 0 Å². The van der Waals surface area contributed by atoms with Crippen molar-refractivity contribution in [1.29, 1.82) is 0 Å². The van der Waals surface area contributed by atoms with E-state index in [9.17, 15) is 4.79 Å². The zero-order valence-corrected chi connectivity index (χ0v) is 18.5. The summed E-state index contributed by atoms with van der Waals surface area (Å²) >= 11 is 1.22. The molecule has 3 heterocycles. The molecule has 0 amide bonds. The predicted octanol–water partition coefficient (Wildman–Crippen LogP) is 4.83. The minimum atomic E-state index is -0.700. The fraction of sp³-hybridized carbons (Fsp3) is 0.174. The second kappa shape index (κ2) is 8.91. The average Bonchev–Trinajstić information content (AvgIpc) is 3.48. The van der Waals surface area contributed by atoms with Gasteiger partial charge in [0.15, 0.2) is 11.7 Å². The summed E-state index contributed by atoms with van der Waals surface area (Å²) in [4.78, 5) is 21.0. The monoisotopic (exact) mass is 462 g/mol. The molecule has 0 N–H and O–H groups in total. The van der Waals surface area contributed by atoms with E-state index in [4.69, 9.17) is 18.3 Å². The summed E-state index contributed by atoms with van der Waals surface area (Å²) in [6, 6.07) is 14.8. The number of esters is 1. The zero-order chi connectivity index (χ0) is 22.8. The van der Waals surface area contributed by atoms with E-state index in [1.807, 2.05) is 36.4 Å². The zero-order valence-electron chi connectivity index (χ0n) is 17.7. The molecule has 0 fully saturated rings. The van der Waals surface area contributed by atoms with Crippen molar-refractivity contribution in [3.05, 3.63) is 60.7 Å². The first kappa shape index (κ1) is 21.0. The van der Waals surface area contributed by atoms with Crippen molar-refractivity contribution < 1.29 is 23.1 Å². The molecule has 0 aliphatic heterocycles. The van der Waals surface area contributed by atoms with Gasteiger partial charge < -0.3 is 18.3 Å². The summed E-state index contributed by atoms with van der Waals surface area (Å²) in [7, 11) is 1.60. The Morgan fingerprint density at radius 2 is 1.88 bits per heavy atom. The van der Waals surface area contributed by atoms with E-state index < -0.39 is 12.1 Å². The van der Waals surface area contributed by atoms with E-state index in [1.54, 1.807) is 26.2 Å². The molecule has 5 aromatic rings. The van der Waals surface area contributed by atoms with Crippen LogP contribution in [0.2, 0.25) is 0 Å². The van der Waals surface area contributed by atoms with Gasteiger partial charge in [-0.2, -0.15) is 0 Å². The summed E-state index contributed by atoms with van der Waals surface area (Å²) in [6.45, 7) is 1.68. The first-order chi connectivity index (χ1) is 16.1. The van der Waals surface area contributed by atoms with Crippen molar-refractivity contribution >= 4 is 39.8 Å². The topological polar surface area (TPSA) is 113 Å². The Morgan fingerprint density at radius 1 is 1.06 bits per heavy atom. The van der Waals surface area contributed by atoms with Crippen molar-refractivity contribution in [3.8, 4) is 17.2 Å². The molecule has 0 aliphatic rings. The van der Waals surface area contributed by atoms with Crippen LogP contribution in [0.3, 0.4) is 0 Å². The van der Waals surface area contributed by atoms with Crippen LogP contribution < -0.4 is 4.74 Å². The number of benzene rings is 2. The first-order valence-corrected chi connectivity index (χ1v) is 11.0. The molecule has 33 heavy (non-hydrogen) atoms. The number of hydrogen-bond acceptors (Lipinski definition) is 10. The Bertz CT molecular complexity index is 1430. The van der Waals surface area contributed by atoms with Crippen LogP contribution in [0.1, 0.15) is 18.9 Å². The third-order valence-electron chi connectivity index (χ3n) is 4.89. The summed E-state index contributed by atoms with van der Waals surface area (Å²) in [5, 5.41) is 9.51. The lowest BCUT2D eigenvalue weighted by atomic mass is 10.2. The Morgan fingerprint density at radius 3 is 2.70 bits per heavy atom. The average molecular weight is 462 g/mol. The Labute approximate surface area is 192 Å². The van der Waals surface area contributed by atoms with E-state index in [2.05, 4.69) is 20.2 Å². The van der Waals surface area contributed by atoms with Gasteiger partial charge in [-0.3, -0.25) is 4.79 Å². The van der Waals surface area contributed by atoms with Crippen molar-refractivity contribution in [2.75, 3.05) is 12.9 Å². The highest BCUT2D eigenvalue weighted by molar-refractivity contribution is 8.00. The predicted molar refractivity (Wildman–Crippen MR) is 121 cm³/mol. The number of ether oxygens (including phenoxy) is 2. The van der Waals surface area contributed by atoms with E-state index >= 15 is 0 Å². The molecule has 10 heteroatoms. The van der Waals surface area contributed by atoms with E-state index in [0.717, 1.165) is 22.3 Å². The highest BCUT2D eigenvalue weighted by atomic mass is 32.2. The molecular weight excluding hydrogens is 444 g/mol. The quantitative estimate of drug-likeness (QED) is 0.189. The molecule has 9 nitrogen and oxygen atoms in total. The molecule has 1 unspecified atom stereocenters. The second-order valence-electron chi connectivity index (χ2n) is 7.05. The maximum Gasteiger partial charge on any atom is 0.317 e. The van der Waals surface area contributed by atoms with Crippen LogP contribution in [0, 0.1) is 0 Å². The van der Waals surface area contributed by atoms with Crippen molar-refractivity contribution in [2.45, 2.75) is 18.1 Å². The van der Waals surface area contributed by atoms with Crippen LogP contribution in [0.5, 0.6) is 5.75 Å². The fourth-order valence-electron chi connectivity index (χ4n) is 3.26. The van der Waals surface area contributed by atoms with Gasteiger partial charge in [-0.05, 0) is 43.3 Å². The maximum atomic E-state index is 12.4. The summed E-state index contributed by atoms with van der Waals surface area (Å²) in [5.41, 5.74) is 2.71. The normalized spacial score (nSPS) is 12.2. The first-order valence-electron chi connectivity index (χ1n) is 10.0. The van der Waals surface area contributed by atoms with Gasteiger partial charge in [-0.25, -0.2) is 9.97 Å². The summed E-state index contributed by atoms with van der Waals surface area (Å²) in [6.07, 6.45) is 0.758. The number of fused-ring (bicyclic) bond motifs is 3. The number of methoxy groups -OCH3 is 1. The third kappa shape index (κ3) is 4.24. The number of nitrogens with zero attached hydrogens (tertiary/aromatic N) is 4.